The van der Waals surface area contributed by atoms with Gasteiger partial charge < -0.3 is 20.5 Å². The molecule has 104 valence electrons. The van der Waals surface area contributed by atoms with Crippen LogP contribution in [0.4, 0.5) is 4.79 Å². The lowest BCUT2D eigenvalue weighted by Gasteiger charge is -2.17. The number of ether oxygens (including phenoxy) is 1. The van der Waals surface area contributed by atoms with E-state index in [0.717, 1.165) is 19.4 Å². The summed E-state index contributed by atoms with van der Waals surface area (Å²) in [5, 5.41) is 14.2. The number of amides is 2. The molecule has 0 aromatic heterocycles. The van der Waals surface area contributed by atoms with Gasteiger partial charge in [0.1, 0.15) is 0 Å². The van der Waals surface area contributed by atoms with Gasteiger partial charge in [0.05, 0.1) is 12.0 Å². The van der Waals surface area contributed by atoms with Crippen molar-refractivity contribution in [2.24, 2.45) is 11.8 Å². The van der Waals surface area contributed by atoms with Gasteiger partial charge in [0.15, 0.2) is 0 Å². The molecule has 6 heteroatoms. The van der Waals surface area contributed by atoms with Crippen molar-refractivity contribution in [3.8, 4) is 0 Å². The zero-order valence-corrected chi connectivity index (χ0v) is 10.9. The van der Waals surface area contributed by atoms with Crippen LogP contribution in [0.2, 0.25) is 0 Å². The Morgan fingerprint density at radius 3 is 2.61 bits per heavy atom. The summed E-state index contributed by atoms with van der Waals surface area (Å²) in [5.74, 6) is -1.45. The Kier molecular flexibility index (Phi) is 5.91. The normalized spacial score (nSPS) is 20.7. The molecule has 0 saturated carbocycles. The van der Waals surface area contributed by atoms with Gasteiger partial charge in [0.2, 0.25) is 0 Å². The monoisotopic (exact) mass is 258 g/mol. The minimum atomic E-state index is -0.885. The predicted octanol–water partition coefficient (Wildman–Crippen LogP) is 0.821. The first kappa shape index (κ1) is 14.8. The van der Waals surface area contributed by atoms with Gasteiger partial charge in [-0.15, -0.1) is 0 Å². The number of carboxylic acid groups (broad SMARTS) is 1. The zero-order valence-electron chi connectivity index (χ0n) is 10.9. The second kappa shape index (κ2) is 7.20. The van der Waals surface area contributed by atoms with Crippen molar-refractivity contribution in [2.45, 2.75) is 32.8 Å². The second-order valence-corrected chi connectivity index (χ2v) is 4.91. The van der Waals surface area contributed by atoms with Crippen molar-refractivity contribution in [2.75, 3.05) is 19.7 Å². The van der Waals surface area contributed by atoms with E-state index in [2.05, 4.69) is 10.6 Å². The third-order valence-electron chi connectivity index (χ3n) is 3.12. The Morgan fingerprint density at radius 2 is 2.11 bits per heavy atom. The van der Waals surface area contributed by atoms with Gasteiger partial charge >= 0.3 is 12.0 Å². The van der Waals surface area contributed by atoms with E-state index in [9.17, 15) is 9.59 Å². The van der Waals surface area contributed by atoms with Crippen LogP contribution in [0.5, 0.6) is 0 Å². The van der Waals surface area contributed by atoms with Gasteiger partial charge in [0.25, 0.3) is 0 Å². The van der Waals surface area contributed by atoms with Gasteiger partial charge in [-0.1, -0.05) is 13.8 Å². The van der Waals surface area contributed by atoms with Crippen LogP contribution in [0.15, 0.2) is 0 Å². The van der Waals surface area contributed by atoms with Crippen molar-refractivity contribution in [1.82, 2.24) is 10.6 Å². The molecule has 3 N–H and O–H groups in total. The van der Waals surface area contributed by atoms with Crippen molar-refractivity contribution < 1.29 is 19.4 Å². The first-order chi connectivity index (χ1) is 8.50. The van der Waals surface area contributed by atoms with Crippen LogP contribution >= 0.6 is 0 Å². The molecule has 1 rings (SSSR count). The summed E-state index contributed by atoms with van der Waals surface area (Å²) in [6, 6.07) is -0.336. The van der Waals surface area contributed by atoms with Crippen molar-refractivity contribution in [3.05, 3.63) is 0 Å². The molecule has 1 aliphatic heterocycles. The zero-order chi connectivity index (χ0) is 13.5. The highest BCUT2D eigenvalue weighted by Crippen LogP contribution is 2.11. The number of aliphatic carboxylic acids is 1. The number of nitrogens with one attached hydrogen (secondary N) is 2. The molecule has 0 aromatic rings. The molecule has 6 nitrogen and oxygen atoms in total. The number of carbonyl (C=O) groups excluding carboxylic acids is 1. The summed E-state index contributed by atoms with van der Waals surface area (Å²) < 4.78 is 5.37. The van der Waals surface area contributed by atoms with Crippen LogP contribution in [-0.4, -0.2) is 42.9 Å². The first-order valence-electron chi connectivity index (χ1n) is 6.36. The Balaban J connectivity index is 2.20. The second-order valence-electron chi connectivity index (χ2n) is 4.91. The molecule has 0 aliphatic carbocycles. The number of hydrogen-bond acceptors (Lipinski definition) is 3. The number of rotatable bonds is 6. The van der Waals surface area contributed by atoms with Gasteiger partial charge in [-0.2, -0.15) is 0 Å². The highest BCUT2D eigenvalue weighted by Gasteiger charge is 2.22. The molecular formula is C12H22N2O4. The molecule has 2 unspecified atom stereocenters. The highest BCUT2D eigenvalue weighted by molar-refractivity contribution is 5.75. The average molecular weight is 258 g/mol. The van der Waals surface area contributed by atoms with Gasteiger partial charge in [0, 0.05) is 19.7 Å². The maximum absolute atomic E-state index is 11.5. The third kappa shape index (κ3) is 4.91. The Bertz CT molecular complexity index is 288. The molecule has 0 spiro atoms. The maximum Gasteiger partial charge on any atom is 0.314 e. The van der Waals surface area contributed by atoms with Crippen LogP contribution < -0.4 is 10.6 Å². The van der Waals surface area contributed by atoms with Crippen molar-refractivity contribution >= 4 is 12.0 Å². The summed E-state index contributed by atoms with van der Waals surface area (Å²) in [6.45, 7) is 5.02. The standard InChI is InChI=1S/C12H22N2O4/c1-8(2)10(11(15)16)7-14-12(17)13-6-9-4-3-5-18-9/h8-10H,3-7H2,1-2H3,(H,15,16)(H2,13,14,17). The summed E-state index contributed by atoms with van der Waals surface area (Å²) in [6.07, 6.45) is 2.09. The molecule has 0 bridgehead atoms. The Labute approximate surface area is 107 Å². The minimum absolute atomic E-state index is 0.0130. The smallest absolute Gasteiger partial charge is 0.314 e. The highest BCUT2D eigenvalue weighted by atomic mass is 16.5. The van der Waals surface area contributed by atoms with Crippen LogP contribution in [0.3, 0.4) is 0 Å². The molecule has 2 atom stereocenters. The van der Waals surface area contributed by atoms with Crippen molar-refractivity contribution in [1.29, 1.82) is 0 Å². The molecule has 0 aromatic carbocycles. The fourth-order valence-electron chi connectivity index (χ4n) is 1.89. The predicted molar refractivity (Wildman–Crippen MR) is 66.3 cm³/mol. The molecule has 2 amide bonds. The van der Waals surface area contributed by atoms with Crippen LogP contribution in [0.25, 0.3) is 0 Å². The van der Waals surface area contributed by atoms with E-state index in [0.29, 0.717) is 6.54 Å². The Hall–Kier alpha value is -1.30. The Morgan fingerprint density at radius 1 is 1.39 bits per heavy atom. The molecular weight excluding hydrogens is 236 g/mol. The molecule has 1 fully saturated rings. The van der Waals surface area contributed by atoms with E-state index in [4.69, 9.17) is 9.84 Å². The SMILES string of the molecule is CC(C)C(CNC(=O)NCC1CCCO1)C(=O)O. The number of hydrogen-bond donors (Lipinski definition) is 3. The summed E-state index contributed by atoms with van der Waals surface area (Å²) in [5.41, 5.74) is 0. The van der Waals surface area contributed by atoms with E-state index in [1.807, 2.05) is 13.8 Å². The van der Waals surface area contributed by atoms with E-state index in [1.165, 1.54) is 0 Å². The fraction of sp³-hybridized carbons (Fsp3) is 0.833. The van der Waals surface area contributed by atoms with Crippen LogP contribution in [0.1, 0.15) is 26.7 Å². The lowest BCUT2D eigenvalue weighted by molar-refractivity contribution is -0.142. The number of urea groups is 1. The lowest BCUT2D eigenvalue weighted by atomic mass is 9.96. The average Bonchev–Trinajstić information content (AvgIpc) is 2.78. The molecule has 18 heavy (non-hydrogen) atoms. The third-order valence-corrected chi connectivity index (χ3v) is 3.12. The van der Waals surface area contributed by atoms with Crippen molar-refractivity contribution in [3.63, 3.8) is 0 Å². The lowest BCUT2D eigenvalue weighted by Crippen LogP contribution is -2.43. The molecule has 1 saturated heterocycles. The summed E-state index contributed by atoms with van der Waals surface area (Å²) >= 11 is 0. The molecule has 1 heterocycles. The number of carboxylic acids is 1. The topological polar surface area (TPSA) is 87.7 Å². The van der Waals surface area contributed by atoms with Crippen LogP contribution in [0, 0.1) is 11.8 Å². The van der Waals surface area contributed by atoms with Gasteiger partial charge in [-0.05, 0) is 18.8 Å². The summed E-state index contributed by atoms with van der Waals surface area (Å²) in [4.78, 5) is 22.4. The minimum Gasteiger partial charge on any atom is -0.481 e. The van der Waals surface area contributed by atoms with E-state index < -0.39 is 11.9 Å². The van der Waals surface area contributed by atoms with E-state index in [-0.39, 0.29) is 24.6 Å². The molecule has 0 radical (unpaired) electrons. The fourth-order valence-corrected chi connectivity index (χ4v) is 1.89. The summed E-state index contributed by atoms with van der Waals surface area (Å²) in [7, 11) is 0. The quantitative estimate of drug-likeness (QED) is 0.658. The van der Waals surface area contributed by atoms with E-state index in [1.54, 1.807) is 0 Å². The van der Waals surface area contributed by atoms with Gasteiger partial charge in [-0.25, -0.2) is 4.79 Å². The maximum atomic E-state index is 11.5. The first-order valence-corrected chi connectivity index (χ1v) is 6.36. The van der Waals surface area contributed by atoms with E-state index >= 15 is 0 Å². The van der Waals surface area contributed by atoms with Gasteiger partial charge in [-0.3, -0.25) is 4.79 Å². The van der Waals surface area contributed by atoms with Crippen LogP contribution in [-0.2, 0) is 9.53 Å². The largest absolute Gasteiger partial charge is 0.481 e. The number of carbonyl (C=O) groups is 2. The molecule has 1 aliphatic rings.